The van der Waals surface area contributed by atoms with Crippen LogP contribution in [0.1, 0.15) is 0 Å². The van der Waals surface area contributed by atoms with Gasteiger partial charge in [0.05, 0.1) is 6.20 Å². The minimum Gasteiger partial charge on any atom is -0.386 e. The Balaban J connectivity index is 2.46. The van der Waals surface area contributed by atoms with Crippen LogP contribution in [0.4, 0.5) is 18.0 Å². The van der Waals surface area contributed by atoms with Gasteiger partial charge < -0.3 is 10.1 Å². The number of nitrogens with zero attached hydrogens (tertiary/aromatic N) is 1. The molecule has 11 heavy (non-hydrogen) atoms. The minimum atomic E-state index is -4.80. The van der Waals surface area contributed by atoms with Crippen LogP contribution in [0.2, 0.25) is 0 Å². The monoisotopic (exact) mass is 167 g/mol. The molecule has 7 heteroatoms. The van der Waals surface area contributed by atoms with Crippen LogP contribution < -0.4 is 10.6 Å². The summed E-state index contributed by atoms with van der Waals surface area (Å²) in [5.74, 6) is -0.775. The van der Waals surface area contributed by atoms with E-state index in [4.69, 9.17) is 0 Å². The van der Waals surface area contributed by atoms with E-state index in [0.29, 0.717) is 0 Å². The lowest BCUT2D eigenvalue weighted by Crippen LogP contribution is -2.20. The highest BCUT2D eigenvalue weighted by Gasteiger charge is 2.34. The number of urea groups is 1. The fraction of sp³-hybridized carbons (Fsp3) is 0.250. The number of carbonyl (C=O) groups excluding carboxylic acids is 1. The standard InChI is InChI=1S/C4H2F3N2O2/c5-4(6,7)11-2-1-8-3(10)9-2/h1H,(H,8,10). The summed E-state index contributed by atoms with van der Waals surface area (Å²) in [7, 11) is 0. The van der Waals surface area contributed by atoms with Crippen LogP contribution in [-0.4, -0.2) is 12.4 Å². The third-order valence-corrected chi connectivity index (χ3v) is 0.751. The number of nitrogens with one attached hydrogen (secondary N) is 1. The largest absolute Gasteiger partial charge is 0.574 e. The molecule has 0 atom stereocenters. The van der Waals surface area contributed by atoms with E-state index in [0.717, 1.165) is 6.20 Å². The molecule has 1 aliphatic rings. The molecule has 4 nitrogen and oxygen atoms in total. The van der Waals surface area contributed by atoms with Gasteiger partial charge in [-0.25, -0.2) is 4.79 Å². The molecule has 0 spiro atoms. The zero-order valence-electron chi connectivity index (χ0n) is 4.97. The zero-order chi connectivity index (χ0) is 8.48. The van der Waals surface area contributed by atoms with E-state index < -0.39 is 18.3 Å². The van der Waals surface area contributed by atoms with Gasteiger partial charge in [0, 0.05) is 0 Å². The first-order chi connectivity index (χ1) is 4.97. The van der Waals surface area contributed by atoms with E-state index >= 15 is 0 Å². The summed E-state index contributed by atoms with van der Waals surface area (Å²) in [6, 6.07) is -0.871. The maximum atomic E-state index is 11.4. The van der Waals surface area contributed by atoms with Crippen molar-refractivity contribution in [2.75, 3.05) is 0 Å². The van der Waals surface area contributed by atoms with Crippen molar-refractivity contribution in [3.8, 4) is 0 Å². The fourth-order valence-electron chi connectivity index (χ4n) is 0.459. The molecule has 0 unspecified atom stereocenters. The van der Waals surface area contributed by atoms with Crippen molar-refractivity contribution in [2.45, 2.75) is 6.36 Å². The Morgan fingerprint density at radius 1 is 1.55 bits per heavy atom. The Labute approximate surface area is 59.0 Å². The van der Waals surface area contributed by atoms with Crippen molar-refractivity contribution in [1.29, 1.82) is 0 Å². The molecule has 0 aromatic heterocycles. The first-order valence-electron chi connectivity index (χ1n) is 2.45. The lowest BCUT2D eigenvalue weighted by Gasteiger charge is -2.05. The number of carbonyl (C=O) groups is 1. The van der Waals surface area contributed by atoms with E-state index in [1.165, 1.54) is 0 Å². The van der Waals surface area contributed by atoms with Gasteiger partial charge in [0.2, 0.25) is 5.88 Å². The molecular weight excluding hydrogens is 165 g/mol. The second-order valence-corrected chi connectivity index (χ2v) is 1.59. The van der Waals surface area contributed by atoms with Gasteiger partial charge >= 0.3 is 12.4 Å². The SMILES string of the molecule is O=C1[N]C(OC(F)(F)F)=CN1. The van der Waals surface area contributed by atoms with Gasteiger partial charge in [-0.05, 0) is 0 Å². The van der Waals surface area contributed by atoms with Crippen LogP contribution >= 0.6 is 0 Å². The Morgan fingerprint density at radius 2 is 2.18 bits per heavy atom. The molecule has 0 bridgehead atoms. The molecule has 1 radical (unpaired) electrons. The predicted molar refractivity (Wildman–Crippen MR) is 25.9 cm³/mol. The molecule has 61 valence electrons. The number of amides is 2. The van der Waals surface area contributed by atoms with Crippen LogP contribution in [0, 0.1) is 0 Å². The highest BCUT2D eigenvalue weighted by molar-refractivity contribution is 5.78. The molecule has 0 saturated carbocycles. The molecule has 1 heterocycles. The minimum absolute atomic E-state index is 0.732. The van der Waals surface area contributed by atoms with E-state index in [1.807, 2.05) is 5.32 Å². The molecule has 0 aromatic carbocycles. The summed E-state index contributed by atoms with van der Waals surface area (Å²) in [5.41, 5.74) is 0. The van der Waals surface area contributed by atoms with Crippen molar-refractivity contribution in [3.05, 3.63) is 12.1 Å². The van der Waals surface area contributed by atoms with Crippen LogP contribution in [0.25, 0.3) is 0 Å². The summed E-state index contributed by atoms with van der Waals surface area (Å²) in [5, 5.41) is 4.74. The summed E-state index contributed by atoms with van der Waals surface area (Å²) >= 11 is 0. The van der Waals surface area contributed by atoms with E-state index in [1.54, 1.807) is 0 Å². The smallest absolute Gasteiger partial charge is 0.386 e. The molecule has 0 fully saturated rings. The van der Waals surface area contributed by atoms with E-state index in [2.05, 4.69) is 10.1 Å². The van der Waals surface area contributed by atoms with Gasteiger partial charge in [0.15, 0.2) is 0 Å². The molecule has 1 aliphatic heterocycles. The van der Waals surface area contributed by atoms with Crippen LogP contribution in [0.5, 0.6) is 0 Å². The van der Waals surface area contributed by atoms with Crippen molar-refractivity contribution < 1.29 is 22.7 Å². The summed E-state index contributed by atoms with van der Waals surface area (Å²) < 4.78 is 37.4. The number of hydrogen-bond acceptors (Lipinski definition) is 2. The second-order valence-electron chi connectivity index (χ2n) is 1.59. The normalized spacial score (nSPS) is 17.0. The molecule has 0 saturated heterocycles. The highest BCUT2D eigenvalue weighted by atomic mass is 19.4. The molecule has 1 N–H and O–H groups in total. The molecule has 1 rings (SSSR count). The number of alkyl halides is 3. The van der Waals surface area contributed by atoms with Crippen LogP contribution in [0.3, 0.4) is 0 Å². The van der Waals surface area contributed by atoms with Gasteiger partial charge in [-0.1, -0.05) is 0 Å². The number of ether oxygens (including phenoxy) is 1. The topological polar surface area (TPSA) is 52.4 Å². The lowest BCUT2D eigenvalue weighted by atomic mass is 10.8. The third kappa shape index (κ3) is 2.36. The lowest BCUT2D eigenvalue weighted by molar-refractivity contribution is -0.307. The van der Waals surface area contributed by atoms with Gasteiger partial charge in [0.25, 0.3) is 0 Å². The van der Waals surface area contributed by atoms with Gasteiger partial charge in [0.1, 0.15) is 0 Å². The Bertz CT molecular complexity index is 210. The van der Waals surface area contributed by atoms with Gasteiger partial charge in [-0.15, -0.1) is 13.2 Å². The summed E-state index contributed by atoms with van der Waals surface area (Å²) in [4.78, 5) is 10.2. The van der Waals surface area contributed by atoms with Gasteiger partial charge in [-0.2, -0.15) is 5.32 Å². The molecular formula is C4H2F3N2O2. The van der Waals surface area contributed by atoms with Crippen molar-refractivity contribution >= 4 is 6.03 Å². The fourth-order valence-corrected chi connectivity index (χ4v) is 0.459. The Morgan fingerprint density at radius 3 is 2.55 bits per heavy atom. The van der Waals surface area contributed by atoms with E-state index in [-0.39, 0.29) is 0 Å². The molecule has 0 aliphatic carbocycles. The summed E-state index contributed by atoms with van der Waals surface area (Å²) in [6.07, 6.45) is -4.07. The Hall–Kier alpha value is -1.40. The first-order valence-corrected chi connectivity index (χ1v) is 2.45. The van der Waals surface area contributed by atoms with Crippen molar-refractivity contribution in [2.24, 2.45) is 0 Å². The van der Waals surface area contributed by atoms with Crippen molar-refractivity contribution in [1.82, 2.24) is 10.6 Å². The van der Waals surface area contributed by atoms with Crippen LogP contribution in [0.15, 0.2) is 12.1 Å². The molecule has 2 amide bonds. The number of halogens is 3. The van der Waals surface area contributed by atoms with Crippen molar-refractivity contribution in [3.63, 3.8) is 0 Å². The van der Waals surface area contributed by atoms with Crippen LogP contribution in [-0.2, 0) is 4.74 Å². The Kier molecular flexibility index (Phi) is 1.63. The average molecular weight is 167 g/mol. The maximum absolute atomic E-state index is 11.4. The number of rotatable bonds is 1. The second kappa shape index (κ2) is 2.33. The highest BCUT2D eigenvalue weighted by Crippen LogP contribution is 2.20. The third-order valence-electron chi connectivity index (χ3n) is 0.751. The van der Waals surface area contributed by atoms with E-state index in [9.17, 15) is 18.0 Å². The first kappa shape index (κ1) is 7.70. The molecule has 0 aromatic rings. The summed E-state index contributed by atoms with van der Waals surface area (Å²) in [6.45, 7) is 0. The average Bonchev–Trinajstić information content (AvgIpc) is 2.10. The maximum Gasteiger partial charge on any atom is 0.574 e. The predicted octanol–water partition coefficient (Wildman–Crippen LogP) is 0.649. The van der Waals surface area contributed by atoms with Gasteiger partial charge in [-0.3, -0.25) is 0 Å². The quantitative estimate of drug-likeness (QED) is 0.623. The zero-order valence-corrected chi connectivity index (χ0v) is 4.97. The number of hydrogen-bond donors (Lipinski definition) is 1.